The van der Waals surface area contributed by atoms with E-state index in [1.807, 2.05) is 21.1 Å². The average Bonchev–Trinajstić information content (AvgIpc) is 3.12. The summed E-state index contributed by atoms with van der Waals surface area (Å²) in [6.07, 6.45) is 36.8. The minimum Gasteiger partial charge on any atom is -0.457 e. The number of esters is 1. The third-order valence-electron chi connectivity index (χ3n) is 9.90. The Morgan fingerprint density at radius 1 is 0.611 bits per heavy atom. The average molecular weight is 791 g/mol. The van der Waals surface area contributed by atoms with Gasteiger partial charge in [-0.15, -0.1) is 0 Å². The minimum absolute atomic E-state index is 0.0799. The highest BCUT2D eigenvalue weighted by Crippen LogP contribution is 2.43. The van der Waals surface area contributed by atoms with Crippen LogP contribution >= 0.6 is 7.82 Å². The molecule has 9 nitrogen and oxygen atoms in total. The molecule has 0 amide bonds. The Kier molecular flexibility index (Phi) is 37.2. The molecule has 0 saturated heterocycles. The molecule has 0 aliphatic carbocycles. The van der Waals surface area contributed by atoms with Crippen LogP contribution in [0.3, 0.4) is 0 Å². The second kappa shape index (κ2) is 37.8. The van der Waals surface area contributed by atoms with E-state index in [2.05, 4.69) is 26.0 Å². The molecule has 0 aromatic carbocycles. The Morgan fingerprint density at radius 3 is 1.61 bits per heavy atom. The number of ether oxygens (including phenoxy) is 2. The van der Waals surface area contributed by atoms with Crippen molar-refractivity contribution in [3.05, 3.63) is 12.2 Å². The number of carbonyl (C=O) groups excluding carboxylic acids is 1. The third kappa shape index (κ3) is 40.9. The Labute approximate surface area is 333 Å². The summed E-state index contributed by atoms with van der Waals surface area (Å²) < 4.78 is 35.0. The van der Waals surface area contributed by atoms with Crippen LogP contribution in [0.5, 0.6) is 0 Å². The molecule has 3 atom stereocenters. The predicted octanol–water partition coefficient (Wildman–Crippen LogP) is 12.0. The van der Waals surface area contributed by atoms with Crippen molar-refractivity contribution in [2.75, 3.05) is 54.1 Å². The predicted molar refractivity (Wildman–Crippen MR) is 226 cm³/mol. The Balaban J connectivity index is 4.25. The Bertz CT molecular complexity index is 896. The van der Waals surface area contributed by atoms with Gasteiger partial charge in [-0.25, -0.2) is 4.57 Å². The maximum Gasteiger partial charge on any atom is 0.472 e. The molecule has 0 rings (SSSR count). The monoisotopic (exact) mass is 791 g/mol. The van der Waals surface area contributed by atoms with Crippen molar-refractivity contribution < 1.29 is 42.4 Å². The fraction of sp³-hybridized carbons (Fsp3) is 0.932. The van der Waals surface area contributed by atoms with Crippen LogP contribution in [-0.4, -0.2) is 86.8 Å². The molecule has 2 N–H and O–H groups in total. The summed E-state index contributed by atoms with van der Waals surface area (Å²) in [7, 11) is 1.64. The summed E-state index contributed by atoms with van der Waals surface area (Å²) in [5, 5.41) is 10.1. The molecule has 0 aliphatic heterocycles. The number of rotatable bonds is 42. The van der Waals surface area contributed by atoms with E-state index >= 15 is 0 Å². The van der Waals surface area contributed by atoms with E-state index < -0.39 is 13.9 Å². The second-order valence-electron chi connectivity index (χ2n) is 16.6. The summed E-state index contributed by atoms with van der Waals surface area (Å²) >= 11 is 0. The van der Waals surface area contributed by atoms with Crippen LogP contribution in [0.25, 0.3) is 0 Å². The van der Waals surface area contributed by atoms with Gasteiger partial charge in [0.1, 0.15) is 19.3 Å². The van der Waals surface area contributed by atoms with Crippen LogP contribution in [0.2, 0.25) is 0 Å². The summed E-state index contributed by atoms with van der Waals surface area (Å²) in [6.45, 7) is 5.51. The fourth-order valence-corrected chi connectivity index (χ4v) is 7.07. The molecule has 0 saturated carbocycles. The number of aliphatic hydroxyl groups is 1. The van der Waals surface area contributed by atoms with E-state index in [0.29, 0.717) is 24.1 Å². The first-order valence-corrected chi connectivity index (χ1v) is 24.0. The lowest BCUT2D eigenvalue weighted by molar-refractivity contribution is -0.870. The zero-order chi connectivity index (χ0) is 40.0. The van der Waals surface area contributed by atoms with Crippen molar-refractivity contribution in [3.63, 3.8) is 0 Å². The van der Waals surface area contributed by atoms with Crippen LogP contribution in [0.4, 0.5) is 0 Å². The summed E-state index contributed by atoms with van der Waals surface area (Å²) in [6, 6.07) is 0. The molecular formula is C44H89NO8P+. The van der Waals surface area contributed by atoms with Crippen LogP contribution in [-0.2, 0) is 27.9 Å². The zero-order valence-electron chi connectivity index (χ0n) is 36.1. The molecule has 3 unspecified atom stereocenters. The Morgan fingerprint density at radius 2 is 1.07 bits per heavy atom. The van der Waals surface area contributed by atoms with E-state index in [-0.39, 0.29) is 31.9 Å². The van der Waals surface area contributed by atoms with Crippen LogP contribution < -0.4 is 0 Å². The van der Waals surface area contributed by atoms with Gasteiger partial charge < -0.3 is 24.0 Å². The number of hydrogen-bond acceptors (Lipinski definition) is 7. The molecule has 0 aromatic rings. The first-order valence-electron chi connectivity index (χ1n) is 22.5. The van der Waals surface area contributed by atoms with Gasteiger partial charge in [-0.3, -0.25) is 13.8 Å². The molecule has 0 bridgehead atoms. The second-order valence-corrected chi connectivity index (χ2v) is 18.1. The summed E-state index contributed by atoms with van der Waals surface area (Å²) in [5.41, 5.74) is 0. The van der Waals surface area contributed by atoms with Gasteiger partial charge in [-0.2, -0.15) is 0 Å². The normalized spacial score (nSPS) is 14.4. The van der Waals surface area contributed by atoms with Crippen molar-refractivity contribution in [2.45, 2.75) is 212 Å². The standard InChI is InChI=1S/C44H88NO8P/c1-6-8-10-12-13-14-15-16-17-18-19-20-23-26-29-33-38-50-40-43(41-52-54(48,49)51-39-37-45(3,4)5)53-44(47)36-32-28-25-22-21-24-27-31-35-42(46)34-30-11-9-7-2/h16-17,42-43,46H,6-15,18-41H2,1-5H3/p+1/b17-16-. The van der Waals surface area contributed by atoms with Crippen molar-refractivity contribution in [1.82, 2.24) is 0 Å². The molecule has 0 heterocycles. The number of allylic oxidation sites excluding steroid dienone is 2. The number of quaternary nitrogens is 1. The van der Waals surface area contributed by atoms with E-state index in [9.17, 15) is 19.4 Å². The SMILES string of the molecule is CCCCCCCC/C=C\CCCCCCCCOCC(COP(=O)(O)OCC[N+](C)(C)C)OC(=O)CCCCCCCCCCC(O)CCCCCC. The van der Waals surface area contributed by atoms with E-state index in [1.54, 1.807) is 0 Å². The van der Waals surface area contributed by atoms with Gasteiger partial charge in [-0.1, -0.05) is 154 Å². The minimum atomic E-state index is -4.28. The van der Waals surface area contributed by atoms with Crippen LogP contribution in [0, 0.1) is 0 Å². The largest absolute Gasteiger partial charge is 0.472 e. The number of likely N-dealkylation sites (N-methyl/N-ethyl adjacent to an activating group) is 1. The topological polar surface area (TPSA) is 112 Å². The van der Waals surface area contributed by atoms with Crippen LogP contribution in [0.1, 0.15) is 200 Å². The Hall–Kier alpha value is -0.800. The van der Waals surface area contributed by atoms with Crippen LogP contribution in [0.15, 0.2) is 12.2 Å². The molecule has 10 heteroatoms. The van der Waals surface area contributed by atoms with Crippen molar-refractivity contribution in [2.24, 2.45) is 0 Å². The van der Waals surface area contributed by atoms with Gasteiger partial charge in [0.25, 0.3) is 0 Å². The molecule has 0 spiro atoms. The lowest BCUT2D eigenvalue weighted by Crippen LogP contribution is -2.37. The molecule has 0 radical (unpaired) electrons. The highest BCUT2D eigenvalue weighted by Gasteiger charge is 2.26. The number of phosphoric acid groups is 1. The number of aliphatic hydroxyl groups excluding tert-OH is 1. The summed E-state index contributed by atoms with van der Waals surface area (Å²) in [4.78, 5) is 22.9. The number of nitrogens with zero attached hydrogens (tertiary/aromatic N) is 1. The van der Waals surface area contributed by atoms with E-state index in [1.165, 1.54) is 116 Å². The maximum absolute atomic E-state index is 12.7. The van der Waals surface area contributed by atoms with Gasteiger partial charge in [-0.05, 0) is 51.4 Å². The smallest absolute Gasteiger partial charge is 0.457 e. The molecule has 322 valence electrons. The molecule has 0 aliphatic rings. The van der Waals surface area contributed by atoms with Crippen molar-refractivity contribution in [1.29, 1.82) is 0 Å². The zero-order valence-corrected chi connectivity index (χ0v) is 37.0. The number of phosphoric ester groups is 1. The number of carbonyl (C=O) groups is 1. The maximum atomic E-state index is 12.7. The fourth-order valence-electron chi connectivity index (χ4n) is 6.33. The quantitative estimate of drug-likeness (QED) is 0.0207. The number of unbranched alkanes of at least 4 members (excludes halogenated alkanes) is 22. The van der Waals surface area contributed by atoms with Crippen molar-refractivity contribution >= 4 is 13.8 Å². The lowest BCUT2D eigenvalue weighted by Gasteiger charge is -2.24. The molecule has 0 aromatic heterocycles. The third-order valence-corrected chi connectivity index (χ3v) is 10.9. The molecule has 0 fully saturated rings. The molecule has 54 heavy (non-hydrogen) atoms. The summed E-state index contributed by atoms with van der Waals surface area (Å²) in [5.74, 6) is -0.337. The highest BCUT2D eigenvalue weighted by atomic mass is 31.2. The van der Waals surface area contributed by atoms with Gasteiger partial charge in [0, 0.05) is 13.0 Å². The lowest BCUT2D eigenvalue weighted by atomic mass is 10.0. The van der Waals surface area contributed by atoms with Gasteiger partial charge >= 0.3 is 13.8 Å². The molecular weight excluding hydrogens is 701 g/mol. The first kappa shape index (κ1) is 53.2. The first-order chi connectivity index (χ1) is 26.0. The van der Waals surface area contributed by atoms with Crippen molar-refractivity contribution in [3.8, 4) is 0 Å². The van der Waals surface area contributed by atoms with Gasteiger partial charge in [0.2, 0.25) is 0 Å². The highest BCUT2D eigenvalue weighted by molar-refractivity contribution is 7.47. The van der Waals surface area contributed by atoms with Gasteiger partial charge in [0.15, 0.2) is 0 Å². The van der Waals surface area contributed by atoms with Gasteiger partial charge in [0.05, 0.1) is 40.5 Å². The number of hydrogen-bond donors (Lipinski definition) is 2. The van der Waals surface area contributed by atoms with E-state index in [0.717, 1.165) is 64.2 Å². The van der Waals surface area contributed by atoms with E-state index in [4.69, 9.17) is 18.5 Å².